The van der Waals surface area contributed by atoms with Gasteiger partial charge in [-0.3, -0.25) is 0 Å². The summed E-state index contributed by atoms with van der Waals surface area (Å²) < 4.78 is 89.1. The molecule has 0 N–H and O–H groups in total. The molecule has 47 heavy (non-hydrogen) atoms. The van der Waals surface area contributed by atoms with E-state index in [2.05, 4.69) is 17.7 Å². The monoisotopic (exact) mass is 662 g/mol. The van der Waals surface area contributed by atoms with Crippen molar-refractivity contribution in [2.75, 3.05) is 0 Å². The Kier molecular flexibility index (Phi) is 12.8. The molecule has 3 aliphatic carbocycles. The standard InChI is InChI=1S/C40H52F6O/c1-2-3-4-7-27-10-14-29(15-11-27)30-16-18-31(19-17-30)33-21-20-32(36(41)24-33)9-6-5-8-28-12-22-34(23-13-28)40(45,46)47-35-25-37(42)39(44)38(43)26-35/h5,8,20-21,24-31,34H,2-4,6-7,9-19,22-23H2,1H3/b8-5+. The summed E-state index contributed by atoms with van der Waals surface area (Å²) in [6, 6.07) is 6.68. The summed E-state index contributed by atoms with van der Waals surface area (Å²) in [7, 11) is 0. The maximum Gasteiger partial charge on any atom is 0.400 e. The van der Waals surface area contributed by atoms with Gasteiger partial charge in [-0.05, 0) is 124 Å². The zero-order chi connectivity index (χ0) is 33.4. The third kappa shape index (κ3) is 9.81. The highest BCUT2D eigenvalue weighted by atomic mass is 19.3. The number of rotatable bonds is 13. The fourth-order valence-corrected chi connectivity index (χ4v) is 8.58. The molecule has 1 nitrogen and oxygen atoms in total. The third-order valence-corrected chi connectivity index (χ3v) is 11.5. The summed E-state index contributed by atoms with van der Waals surface area (Å²) in [6.07, 6.45) is 19.1. The van der Waals surface area contributed by atoms with Crippen molar-refractivity contribution in [3.63, 3.8) is 0 Å². The first-order valence-corrected chi connectivity index (χ1v) is 18.3. The molecule has 0 aromatic heterocycles. The smallest absolute Gasteiger partial charge is 0.400 e. The van der Waals surface area contributed by atoms with E-state index in [1.54, 1.807) is 6.07 Å². The van der Waals surface area contributed by atoms with E-state index in [0.29, 0.717) is 49.3 Å². The molecule has 0 bridgehead atoms. The molecule has 7 heteroatoms. The minimum atomic E-state index is -3.62. The molecule has 0 unspecified atom stereocenters. The number of alkyl halides is 2. The summed E-state index contributed by atoms with van der Waals surface area (Å²) >= 11 is 0. The first-order chi connectivity index (χ1) is 22.6. The molecule has 0 radical (unpaired) electrons. The molecular formula is C40H52F6O. The van der Waals surface area contributed by atoms with Gasteiger partial charge in [0, 0.05) is 12.1 Å². The van der Waals surface area contributed by atoms with Gasteiger partial charge < -0.3 is 4.74 Å². The van der Waals surface area contributed by atoms with Crippen LogP contribution in [0.3, 0.4) is 0 Å². The lowest BCUT2D eigenvalue weighted by atomic mass is 9.68. The van der Waals surface area contributed by atoms with E-state index in [1.165, 1.54) is 64.2 Å². The number of unbranched alkanes of at least 4 members (excludes halogenated alkanes) is 2. The molecule has 0 amide bonds. The second-order valence-corrected chi connectivity index (χ2v) is 14.7. The first-order valence-electron chi connectivity index (χ1n) is 18.3. The molecule has 0 heterocycles. The molecule has 3 fully saturated rings. The molecular weight excluding hydrogens is 610 g/mol. The SMILES string of the molecule is CCCCCC1CCC(C2CCC(c3ccc(CC/C=C/C4CCC(C(F)(F)Oc5cc(F)c(F)c(F)c5)CC4)c(F)c3)CC2)CC1. The Hall–Kier alpha value is -2.44. The van der Waals surface area contributed by atoms with Gasteiger partial charge in [0.05, 0.1) is 5.92 Å². The molecule has 3 aliphatic rings. The highest BCUT2D eigenvalue weighted by molar-refractivity contribution is 5.28. The molecule has 3 saturated carbocycles. The summed E-state index contributed by atoms with van der Waals surface area (Å²) in [5.74, 6) is -3.57. The Morgan fingerprint density at radius 3 is 2.00 bits per heavy atom. The lowest BCUT2D eigenvalue weighted by Crippen LogP contribution is -2.37. The Morgan fingerprint density at radius 2 is 1.38 bits per heavy atom. The largest absolute Gasteiger partial charge is 0.432 e. The second kappa shape index (κ2) is 16.8. The summed E-state index contributed by atoms with van der Waals surface area (Å²) in [4.78, 5) is 0. The van der Waals surface area contributed by atoms with Crippen molar-refractivity contribution in [1.29, 1.82) is 0 Å². The fraction of sp³-hybridized carbons (Fsp3) is 0.650. The Labute approximate surface area is 277 Å². The summed E-state index contributed by atoms with van der Waals surface area (Å²) in [5, 5.41) is 0. The van der Waals surface area contributed by atoms with Gasteiger partial charge in [-0.25, -0.2) is 17.6 Å². The zero-order valence-corrected chi connectivity index (χ0v) is 27.9. The van der Waals surface area contributed by atoms with Crippen LogP contribution in [0.1, 0.15) is 133 Å². The van der Waals surface area contributed by atoms with Crippen LogP contribution in [0.25, 0.3) is 0 Å². The van der Waals surface area contributed by atoms with Crippen LogP contribution in [-0.4, -0.2) is 6.11 Å². The van der Waals surface area contributed by atoms with Crippen LogP contribution >= 0.6 is 0 Å². The number of aryl methyl sites for hydroxylation is 1. The molecule has 0 saturated heterocycles. The predicted octanol–water partition coefficient (Wildman–Crippen LogP) is 12.9. The normalized spacial score (nSPS) is 27.3. The van der Waals surface area contributed by atoms with Gasteiger partial charge in [-0.2, -0.15) is 8.78 Å². The van der Waals surface area contributed by atoms with E-state index in [9.17, 15) is 22.0 Å². The van der Waals surface area contributed by atoms with Crippen molar-refractivity contribution < 1.29 is 31.1 Å². The van der Waals surface area contributed by atoms with E-state index in [4.69, 9.17) is 0 Å². The third-order valence-electron chi connectivity index (χ3n) is 11.5. The average molecular weight is 663 g/mol. The fourth-order valence-electron chi connectivity index (χ4n) is 8.58. The molecule has 2 aromatic carbocycles. The maximum absolute atomic E-state index is 15.1. The number of benzene rings is 2. The second-order valence-electron chi connectivity index (χ2n) is 14.7. The van der Waals surface area contributed by atoms with Crippen LogP contribution in [-0.2, 0) is 6.42 Å². The predicted molar refractivity (Wildman–Crippen MR) is 175 cm³/mol. The number of allylic oxidation sites excluding steroid dienone is 2. The van der Waals surface area contributed by atoms with E-state index in [0.717, 1.165) is 36.2 Å². The van der Waals surface area contributed by atoms with Crippen molar-refractivity contribution in [2.45, 2.75) is 135 Å². The lowest BCUT2D eigenvalue weighted by Gasteiger charge is -2.38. The number of ether oxygens (including phenoxy) is 1. The minimum Gasteiger partial charge on any atom is -0.432 e. The van der Waals surface area contributed by atoms with Crippen molar-refractivity contribution >= 4 is 0 Å². The van der Waals surface area contributed by atoms with Crippen LogP contribution in [0.2, 0.25) is 0 Å². The average Bonchev–Trinajstić information content (AvgIpc) is 3.07. The van der Waals surface area contributed by atoms with Crippen molar-refractivity contribution in [1.82, 2.24) is 0 Å². The van der Waals surface area contributed by atoms with Crippen LogP contribution < -0.4 is 4.74 Å². The van der Waals surface area contributed by atoms with Crippen molar-refractivity contribution in [3.05, 3.63) is 76.9 Å². The zero-order valence-electron chi connectivity index (χ0n) is 27.9. The van der Waals surface area contributed by atoms with Gasteiger partial charge in [0.25, 0.3) is 0 Å². The quantitative estimate of drug-likeness (QED) is 0.0898. The number of halogens is 6. The Bertz CT molecular complexity index is 1280. The van der Waals surface area contributed by atoms with E-state index in [1.807, 2.05) is 18.2 Å². The van der Waals surface area contributed by atoms with Gasteiger partial charge in [0.1, 0.15) is 11.6 Å². The molecule has 260 valence electrons. The molecule has 0 atom stereocenters. The van der Waals surface area contributed by atoms with Gasteiger partial charge in [-0.1, -0.05) is 69.7 Å². The summed E-state index contributed by atoms with van der Waals surface area (Å²) in [5.41, 5.74) is 1.84. The molecule has 5 rings (SSSR count). The van der Waals surface area contributed by atoms with Crippen LogP contribution in [0.5, 0.6) is 5.75 Å². The Morgan fingerprint density at radius 1 is 0.745 bits per heavy atom. The minimum absolute atomic E-state index is 0.131. The van der Waals surface area contributed by atoms with Crippen molar-refractivity contribution in [3.8, 4) is 5.75 Å². The number of hydrogen-bond donors (Lipinski definition) is 0. The van der Waals surface area contributed by atoms with Gasteiger partial charge in [-0.15, -0.1) is 0 Å². The Balaban J connectivity index is 1.01. The van der Waals surface area contributed by atoms with E-state index < -0.39 is 35.2 Å². The van der Waals surface area contributed by atoms with Crippen molar-refractivity contribution in [2.24, 2.45) is 29.6 Å². The molecule has 2 aromatic rings. The highest BCUT2D eigenvalue weighted by Crippen LogP contribution is 2.45. The molecule has 0 spiro atoms. The molecule has 0 aliphatic heterocycles. The topological polar surface area (TPSA) is 9.23 Å². The maximum atomic E-state index is 15.1. The lowest BCUT2D eigenvalue weighted by molar-refractivity contribution is -0.223. The van der Waals surface area contributed by atoms with Crippen LogP contribution in [0.4, 0.5) is 26.3 Å². The first kappa shape index (κ1) is 35.9. The van der Waals surface area contributed by atoms with Gasteiger partial charge in [0.15, 0.2) is 17.5 Å². The van der Waals surface area contributed by atoms with Crippen LogP contribution in [0, 0.1) is 52.9 Å². The number of hydrogen-bond acceptors (Lipinski definition) is 1. The van der Waals surface area contributed by atoms with E-state index in [-0.39, 0.29) is 24.6 Å². The van der Waals surface area contributed by atoms with E-state index >= 15 is 4.39 Å². The van der Waals surface area contributed by atoms with Gasteiger partial charge >= 0.3 is 6.11 Å². The van der Waals surface area contributed by atoms with Crippen LogP contribution in [0.15, 0.2) is 42.5 Å². The highest BCUT2D eigenvalue weighted by Gasteiger charge is 2.44. The van der Waals surface area contributed by atoms with Gasteiger partial charge in [0.2, 0.25) is 0 Å². The summed E-state index contributed by atoms with van der Waals surface area (Å²) in [6.45, 7) is 2.28.